The second-order valence-electron chi connectivity index (χ2n) is 3.04. The van der Waals surface area contributed by atoms with E-state index in [0.717, 1.165) is 0 Å². The highest BCUT2D eigenvalue weighted by atomic mass is 15.4. The first kappa shape index (κ1) is 9.75. The minimum Gasteiger partial charge on any atom is -0.381 e. The Morgan fingerprint density at radius 2 is 2.25 bits per heavy atom. The number of nitrogen functional groups attached to an aromatic ring is 1. The second-order valence-corrected chi connectivity index (χ2v) is 3.04. The largest absolute Gasteiger partial charge is 0.381 e. The molecule has 2 N–H and O–H groups in total. The number of nitrogens with two attached hydrogens (primary N) is 1. The van der Waals surface area contributed by atoms with Crippen LogP contribution in [0.15, 0.2) is 24.3 Å². The molecule has 0 bridgehead atoms. The molecular weight excluding hydrogens is 202 g/mol. The first-order chi connectivity index (χ1) is 7.76. The Bertz CT molecular complexity index is 612. The second kappa shape index (κ2) is 3.76. The highest BCUT2D eigenvalue weighted by molar-refractivity contribution is 5.51. The van der Waals surface area contributed by atoms with Crippen molar-refractivity contribution in [2.24, 2.45) is 0 Å². The third-order valence-electron chi connectivity index (χ3n) is 2.07. The molecule has 2 aromatic rings. The molecule has 0 radical (unpaired) electrons. The maximum absolute atomic E-state index is 8.70. The smallest absolute Gasteiger partial charge is 0.206 e. The van der Waals surface area contributed by atoms with Crippen molar-refractivity contribution in [3.63, 3.8) is 0 Å². The summed E-state index contributed by atoms with van der Waals surface area (Å²) >= 11 is 0. The summed E-state index contributed by atoms with van der Waals surface area (Å²) in [5.74, 6) is 2.72. The molecule has 0 aliphatic heterocycles. The van der Waals surface area contributed by atoms with Gasteiger partial charge in [-0.15, -0.1) is 11.5 Å². The number of nitrogens with zero attached hydrogens (tertiary/aromatic N) is 4. The first-order valence-electron chi connectivity index (χ1n) is 4.44. The summed E-state index contributed by atoms with van der Waals surface area (Å²) in [6, 6.07) is 8.96. The summed E-state index contributed by atoms with van der Waals surface area (Å²) in [6.07, 6.45) is 5.29. The first-order valence-corrected chi connectivity index (χ1v) is 4.44. The number of nitriles is 1. The van der Waals surface area contributed by atoms with E-state index in [-0.39, 0.29) is 11.5 Å². The van der Waals surface area contributed by atoms with Crippen molar-refractivity contribution in [3.8, 4) is 24.1 Å². The Kier molecular flexibility index (Phi) is 2.29. The van der Waals surface area contributed by atoms with Gasteiger partial charge in [-0.2, -0.15) is 9.94 Å². The average Bonchev–Trinajstić information content (AvgIpc) is 2.70. The molecule has 1 aromatic carbocycles. The molecule has 2 rings (SSSR count). The summed E-state index contributed by atoms with van der Waals surface area (Å²) in [5, 5.41) is 16.1. The molecular formula is C11H7N5. The van der Waals surface area contributed by atoms with Gasteiger partial charge in [-0.3, -0.25) is 0 Å². The van der Waals surface area contributed by atoms with Crippen molar-refractivity contribution in [3.05, 3.63) is 35.5 Å². The van der Waals surface area contributed by atoms with Crippen molar-refractivity contribution in [1.82, 2.24) is 15.0 Å². The molecule has 5 nitrogen and oxygen atoms in total. The number of hydrogen-bond acceptors (Lipinski definition) is 4. The van der Waals surface area contributed by atoms with Gasteiger partial charge in [0.25, 0.3) is 0 Å². The lowest BCUT2D eigenvalue weighted by Crippen LogP contribution is -2.02. The van der Waals surface area contributed by atoms with Gasteiger partial charge in [0.15, 0.2) is 5.82 Å². The van der Waals surface area contributed by atoms with Crippen LogP contribution in [0.2, 0.25) is 0 Å². The van der Waals surface area contributed by atoms with E-state index in [1.807, 2.05) is 6.07 Å². The molecule has 0 amide bonds. The third kappa shape index (κ3) is 1.47. The molecule has 0 saturated carbocycles. The van der Waals surface area contributed by atoms with Crippen LogP contribution in [0.4, 0.5) is 5.82 Å². The van der Waals surface area contributed by atoms with Gasteiger partial charge in [0.1, 0.15) is 6.07 Å². The van der Waals surface area contributed by atoms with Crippen LogP contribution in [0.1, 0.15) is 11.3 Å². The van der Waals surface area contributed by atoms with Gasteiger partial charge in [0.05, 0.1) is 5.69 Å². The Hall–Kier alpha value is -2.79. The van der Waals surface area contributed by atoms with Crippen LogP contribution in [0.3, 0.4) is 0 Å². The third-order valence-corrected chi connectivity index (χ3v) is 2.07. The van der Waals surface area contributed by atoms with Crippen molar-refractivity contribution >= 4 is 5.82 Å². The lowest BCUT2D eigenvalue weighted by atomic mass is 10.2. The fourth-order valence-corrected chi connectivity index (χ4v) is 1.29. The van der Waals surface area contributed by atoms with Gasteiger partial charge >= 0.3 is 0 Å². The number of rotatable bonds is 1. The van der Waals surface area contributed by atoms with E-state index in [1.54, 1.807) is 24.3 Å². The van der Waals surface area contributed by atoms with E-state index in [0.29, 0.717) is 11.3 Å². The van der Waals surface area contributed by atoms with E-state index >= 15 is 0 Å². The fourth-order valence-electron chi connectivity index (χ4n) is 1.29. The van der Waals surface area contributed by atoms with Gasteiger partial charge in [-0.05, 0) is 18.2 Å². The van der Waals surface area contributed by atoms with Crippen molar-refractivity contribution in [2.45, 2.75) is 0 Å². The molecule has 0 atom stereocenters. The average molecular weight is 209 g/mol. The van der Waals surface area contributed by atoms with Crippen LogP contribution in [-0.2, 0) is 0 Å². The fraction of sp³-hybridized carbons (Fsp3) is 0. The Balaban J connectivity index is 2.56. The summed E-state index contributed by atoms with van der Waals surface area (Å²) in [4.78, 5) is 0. The molecule has 0 aliphatic carbocycles. The minimum atomic E-state index is 0.103. The normalized spacial score (nSPS) is 9.38. The van der Waals surface area contributed by atoms with Crippen molar-refractivity contribution in [1.29, 1.82) is 5.26 Å². The van der Waals surface area contributed by atoms with E-state index in [4.69, 9.17) is 17.4 Å². The van der Waals surface area contributed by atoms with Gasteiger partial charge in [0.2, 0.25) is 5.69 Å². The molecule has 0 spiro atoms. The maximum atomic E-state index is 8.70. The van der Waals surface area contributed by atoms with E-state index in [1.165, 1.54) is 4.68 Å². The Morgan fingerprint density at radius 3 is 2.88 bits per heavy atom. The monoisotopic (exact) mass is 209 g/mol. The molecule has 0 unspecified atom stereocenters. The molecule has 0 fully saturated rings. The lowest BCUT2D eigenvalue weighted by Gasteiger charge is -2.02. The van der Waals surface area contributed by atoms with Crippen LogP contribution in [0.25, 0.3) is 5.69 Å². The summed E-state index contributed by atoms with van der Waals surface area (Å²) < 4.78 is 1.37. The summed E-state index contributed by atoms with van der Waals surface area (Å²) in [7, 11) is 0. The SMILES string of the molecule is C#Cc1cccc(-n2nnc(C#N)c2N)c1. The zero-order valence-electron chi connectivity index (χ0n) is 8.25. The Morgan fingerprint density at radius 1 is 1.44 bits per heavy atom. The molecule has 76 valence electrons. The lowest BCUT2D eigenvalue weighted by molar-refractivity contribution is 0.808. The minimum absolute atomic E-state index is 0.103. The number of anilines is 1. The van der Waals surface area contributed by atoms with Crippen LogP contribution in [-0.4, -0.2) is 15.0 Å². The summed E-state index contributed by atoms with van der Waals surface area (Å²) in [6.45, 7) is 0. The number of terminal acetylenes is 1. The van der Waals surface area contributed by atoms with Crippen LogP contribution in [0.5, 0.6) is 0 Å². The van der Waals surface area contributed by atoms with E-state index < -0.39 is 0 Å². The van der Waals surface area contributed by atoms with Crippen molar-refractivity contribution in [2.75, 3.05) is 5.73 Å². The van der Waals surface area contributed by atoms with Crippen LogP contribution in [0, 0.1) is 23.7 Å². The molecule has 1 aromatic heterocycles. The van der Waals surface area contributed by atoms with Gasteiger partial charge < -0.3 is 5.73 Å². The predicted molar refractivity (Wildman–Crippen MR) is 58.4 cm³/mol. The quantitative estimate of drug-likeness (QED) is 0.701. The zero-order valence-corrected chi connectivity index (χ0v) is 8.25. The maximum Gasteiger partial charge on any atom is 0.206 e. The highest BCUT2D eigenvalue weighted by Gasteiger charge is 2.09. The summed E-state index contributed by atoms with van der Waals surface area (Å²) in [5.41, 5.74) is 7.20. The van der Waals surface area contributed by atoms with E-state index in [2.05, 4.69) is 16.2 Å². The molecule has 0 aliphatic rings. The van der Waals surface area contributed by atoms with Crippen molar-refractivity contribution < 1.29 is 0 Å². The van der Waals surface area contributed by atoms with Crippen LogP contribution < -0.4 is 5.73 Å². The topological polar surface area (TPSA) is 80.5 Å². The molecule has 5 heteroatoms. The number of benzene rings is 1. The molecule has 16 heavy (non-hydrogen) atoms. The van der Waals surface area contributed by atoms with Gasteiger partial charge in [-0.1, -0.05) is 17.2 Å². The molecule has 0 saturated heterocycles. The number of aromatic nitrogens is 3. The zero-order chi connectivity index (χ0) is 11.5. The molecule has 1 heterocycles. The standard InChI is InChI=1S/C11H7N5/c1-2-8-4-3-5-9(6-8)16-11(13)10(7-12)14-15-16/h1,3-6H,13H2. The van der Waals surface area contributed by atoms with E-state index in [9.17, 15) is 0 Å². The van der Waals surface area contributed by atoms with Gasteiger partial charge in [0, 0.05) is 5.56 Å². The number of hydrogen-bond donors (Lipinski definition) is 1. The predicted octanol–water partition coefficient (Wildman–Crippen LogP) is 0.702. The Labute approximate surface area is 92.1 Å². The van der Waals surface area contributed by atoms with Gasteiger partial charge in [-0.25, -0.2) is 0 Å². The highest BCUT2D eigenvalue weighted by Crippen LogP contribution is 2.15. The van der Waals surface area contributed by atoms with Crippen LogP contribution >= 0.6 is 0 Å².